The highest BCUT2D eigenvalue weighted by molar-refractivity contribution is 6.33. The Hall–Kier alpha value is -2.38. The van der Waals surface area contributed by atoms with E-state index in [-0.39, 0.29) is 22.6 Å². The molecule has 1 aliphatic heterocycles. The molecule has 1 atom stereocenters. The number of nitrogens with one attached hydrogen (secondary N) is 2. The van der Waals surface area contributed by atoms with Gasteiger partial charge in [-0.3, -0.25) is 9.59 Å². The smallest absolute Gasteiger partial charge is 0.287 e. The maximum absolute atomic E-state index is 12.0. The number of aryl methyl sites for hydroxylation is 1. The average Bonchev–Trinajstić information content (AvgIpc) is 3.12. The van der Waals surface area contributed by atoms with E-state index in [1.807, 2.05) is 0 Å². The van der Waals surface area contributed by atoms with Gasteiger partial charge in [-0.2, -0.15) is 5.10 Å². The lowest BCUT2D eigenvalue weighted by atomic mass is 10.2. The van der Waals surface area contributed by atoms with E-state index in [1.54, 1.807) is 24.3 Å². The zero-order chi connectivity index (χ0) is 17.1. The van der Waals surface area contributed by atoms with Gasteiger partial charge in [0.1, 0.15) is 11.1 Å². The van der Waals surface area contributed by atoms with Gasteiger partial charge in [0.15, 0.2) is 0 Å². The molecule has 1 amide bonds. The summed E-state index contributed by atoms with van der Waals surface area (Å²) in [6.07, 6.45) is 2.77. The van der Waals surface area contributed by atoms with Crippen LogP contribution >= 0.6 is 11.6 Å². The van der Waals surface area contributed by atoms with Crippen molar-refractivity contribution in [3.63, 3.8) is 0 Å². The van der Waals surface area contributed by atoms with Crippen LogP contribution in [0.2, 0.25) is 5.02 Å². The average molecular weight is 349 g/mol. The Labute approximate surface area is 143 Å². The van der Waals surface area contributed by atoms with Gasteiger partial charge in [-0.05, 0) is 37.1 Å². The molecular formula is C16H17ClN4O3. The molecule has 1 fully saturated rings. The van der Waals surface area contributed by atoms with Gasteiger partial charge in [0.2, 0.25) is 0 Å². The Balaban J connectivity index is 1.67. The van der Waals surface area contributed by atoms with Crippen LogP contribution in [0.1, 0.15) is 12.8 Å². The van der Waals surface area contributed by atoms with Crippen LogP contribution in [-0.4, -0.2) is 28.4 Å². The molecule has 1 aliphatic rings. The van der Waals surface area contributed by atoms with E-state index in [0.29, 0.717) is 18.0 Å². The van der Waals surface area contributed by atoms with E-state index in [4.69, 9.17) is 16.3 Å². The summed E-state index contributed by atoms with van der Waals surface area (Å²) in [6.45, 7) is 0.631. The quantitative estimate of drug-likeness (QED) is 0.885. The normalized spacial score (nSPS) is 16.8. The van der Waals surface area contributed by atoms with Crippen LogP contribution in [-0.2, 0) is 16.6 Å². The summed E-state index contributed by atoms with van der Waals surface area (Å²) >= 11 is 6.01. The molecular weight excluding hydrogens is 332 g/mol. The lowest BCUT2D eigenvalue weighted by Crippen LogP contribution is -2.26. The van der Waals surface area contributed by atoms with Crippen molar-refractivity contribution >= 4 is 34.6 Å². The second kappa shape index (κ2) is 7.02. The zero-order valence-corrected chi connectivity index (χ0v) is 13.8. The fraction of sp³-hybridized carbons (Fsp3) is 0.312. The number of aromatic nitrogens is 2. The first kappa shape index (κ1) is 16.5. The van der Waals surface area contributed by atoms with E-state index >= 15 is 0 Å². The molecule has 0 spiro atoms. The molecule has 8 heteroatoms. The van der Waals surface area contributed by atoms with Crippen LogP contribution in [0.25, 0.3) is 0 Å². The van der Waals surface area contributed by atoms with Crippen molar-refractivity contribution < 1.29 is 9.53 Å². The first-order valence-corrected chi connectivity index (χ1v) is 7.94. The monoisotopic (exact) mass is 348 g/mol. The van der Waals surface area contributed by atoms with Crippen molar-refractivity contribution in [3.8, 4) is 0 Å². The maximum Gasteiger partial charge on any atom is 0.287 e. The van der Waals surface area contributed by atoms with Gasteiger partial charge in [-0.25, -0.2) is 4.68 Å². The third kappa shape index (κ3) is 3.58. The van der Waals surface area contributed by atoms with Crippen LogP contribution in [0, 0.1) is 0 Å². The van der Waals surface area contributed by atoms with Crippen molar-refractivity contribution in [2.45, 2.75) is 18.9 Å². The number of hydrogen-bond donors (Lipinski definition) is 2. The Morgan fingerprint density at radius 1 is 1.33 bits per heavy atom. The Morgan fingerprint density at radius 3 is 2.71 bits per heavy atom. The SMILES string of the molecule is Cn1ncc(Nc2ccc(NC(=O)[C@@H]3CCCO3)cc2)c(Cl)c1=O. The predicted octanol–water partition coefficient (Wildman–Crippen LogP) is 2.29. The molecule has 7 nitrogen and oxygen atoms in total. The molecule has 2 N–H and O–H groups in total. The highest BCUT2D eigenvalue weighted by Crippen LogP contribution is 2.23. The Kier molecular flexibility index (Phi) is 4.82. The van der Waals surface area contributed by atoms with Gasteiger partial charge in [0, 0.05) is 25.0 Å². The summed E-state index contributed by atoms with van der Waals surface area (Å²) in [7, 11) is 1.53. The summed E-state index contributed by atoms with van der Waals surface area (Å²) in [4.78, 5) is 23.7. The summed E-state index contributed by atoms with van der Waals surface area (Å²) in [5, 5.41) is 9.85. The minimum atomic E-state index is -0.373. The molecule has 126 valence electrons. The molecule has 0 aliphatic carbocycles. The lowest BCUT2D eigenvalue weighted by molar-refractivity contribution is -0.124. The number of amides is 1. The fourth-order valence-electron chi connectivity index (χ4n) is 2.40. The molecule has 24 heavy (non-hydrogen) atoms. The van der Waals surface area contributed by atoms with Gasteiger partial charge in [-0.15, -0.1) is 0 Å². The number of rotatable bonds is 4. The molecule has 3 rings (SSSR count). The maximum atomic E-state index is 12.0. The number of carbonyl (C=O) groups excluding carboxylic acids is 1. The fourth-order valence-corrected chi connectivity index (χ4v) is 2.62. The number of hydrogen-bond acceptors (Lipinski definition) is 5. The first-order chi connectivity index (χ1) is 11.5. The number of anilines is 3. The molecule has 1 aromatic heterocycles. The van der Waals surface area contributed by atoms with Crippen molar-refractivity contribution in [3.05, 3.63) is 45.8 Å². The number of nitrogens with zero attached hydrogens (tertiary/aromatic N) is 2. The van der Waals surface area contributed by atoms with Gasteiger partial charge in [0.25, 0.3) is 11.5 Å². The van der Waals surface area contributed by atoms with Crippen LogP contribution in [0.4, 0.5) is 17.1 Å². The molecule has 1 saturated heterocycles. The van der Waals surface area contributed by atoms with E-state index in [0.717, 1.165) is 23.2 Å². The van der Waals surface area contributed by atoms with Gasteiger partial charge in [-0.1, -0.05) is 11.6 Å². The minimum Gasteiger partial charge on any atom is -0.368 e. The number of benzene rings is 1. The summed E-state index contributed by atoms with van der Waals surface area (Å²) in [5.74, 6) is -0.132. The third-order valence-corrected chi connectivity index (χ3v) is 4.10. The van der Waals surface area contributed by atoms with Crippen molar-refractivity contribution in [2.75, 3.05) is 17.2 Å². The molecule has 2 aromatic rings. The van der Waals surface area contributed by atoms with Crippen LogP contribution < -0.4 is 16.2 Å². The van der Waals surface area contributed by atoms with E-state index in [2.05, 4.69) is 15.7 Å². The van der Waals surface area contributed by atoms with Gasteiger partial charge >= 0.3 is 0 Å². The second-order valence-electron chi connectivity index (χ2n) is 5.49. The molecule has 0 saturated carbocycles. The lowest BCUT2D eigenvalue weighted by Gasteiger charge is -2.12. The van der Waals surface area contributed by atoms with E-state index in [1.165, 1.54) is 13.2 Å². The largest absolute Gasteiger partial charge is 0.368 e. The number of ether oxygens (including phenoxy) is 1. The van der Waals surface area contributed by atoms with Crippen LogP contribution in [0.15, 0.2) is 35.3 Å². The summed E-state index contributed by atoms with van der Waals surface area (Å²) in [6, 6.07) is 7.08. The minimum absolute atomic E-state index is 0.0725. The van der Waals surface area contributed by atoms with Gasteiger partial charge < -0.3 is 15.4 Å². The van der Waals surface area contributed by atoms with Crippen molar-refractivity contribution in [2.24, 2.45) is 7.05 Å². The summed E-state index contributed by atoms with van der Waals surface area (Å²) in [5.41, 5.74) is 1.45. The molecule has 0 unspecified atom stereocenters. The number of carbonyl (C=O) groups is 1. The molecule has 2 heterocycles. The molecule has 0 bridgehead atoms. The highest BCUT2D eigenvalue weighted by Gasteiger charge is 2.23. The zero-order valence-electron chi connectivity index (χ0n) is 13.1. The van der Waals surface area contributed by atoms with Gasteiger partial charge in [0.05, 0.1) is 11.9 Å². The molecule has 0 radical (unpaired) electrons. The van der Waals surface area contributed by atoms with E-state index in [9.17, 15) is 9.59 Å². The predicted molar refractivity (Wildman–Crippen MR) is 91.8 cm³/mol. The van der Waals surface area contributed by atoms with Crippen molar-refractivity contribution in [1.29, 1.82) is 0 Å². The summed E-state index contributed by atoms with van der Waals surface area (Å²) < 4.78 is 6.51. The van der Waals surface area contributed by atoms with E-state index < -0.39 is 0 Å². The standard InChI is InChI=1S/C16H17ClN4O3/c1-21-16(23)14(17)12(9-18-21)19-10-4-6-11(7-5-10)20-15(22)13-3-2-8-24-13/h4-7,9,13,19H,2-3,8H2,1H3,(H,20,22)/t13-/m0/s1. The topological polar surface area (TPSA) is 85.2 Å². The Bertz CT molecular complexity index is 798. The second-order valence-corrected chi connectivity index (χ2v) is 5.87. The van der Waals surface area contributed by atoms with Crippen LogP contribution in [0.5, 0.6) is 0 Å². The highest BCUT2D eigenvalue weighted by atomic mass is 35.5. The first-order valence-electron chi connectivity index (χ1n) is 7.56. The van der Waals surface area contributed by atoms with Crippen LogP contribution in [0.3, 0.4) is 0 Å². The third-order valence-electron chi connectivity index (χ3n) is 3.73. The molecule has 1 aromatic carbocycles. The van der Waals surface area contributed by atoms with Crippen molar-refractivity contribution in [1.82, 2.24) is 9.78 Å². The number of halogens is 1. The Morgan fingerprint density at radius 2 is 2.04 bits per heavy atom.